The Bertz CT molecular complexity index is 1060. The maximum atomic E-state index is 14.6. The number of hydrogen-bond donors (Lipinski definition) is 1. The summed E-state index contributed by atoms with van der Waals surface area (Å²) in [5.74, 6) is -0.653. The van der Waals surface area contributed by atoms with E-state index in [9.17, 15) is 14.3 Å². The van der Waals surface area contributed by atoms with Gasteiger partial charge in [0, 0.05) is 21.8 Å². The summed E-state index contributed by atoms with van der Waals surface area (Å²) in [6.07, 6.45) is 1.54. The predicted molar refractivity (Wildman–Crippen MR) is 112 cm³/mol. The lowest BCUT2D eigenvalue weighted by molar-refractivity contribution is 0.0595. The number of carbonyl (C=O) groups is 1. The summed E-state index contributed by atoms with van der Waals surface area (Å²) in [4.78, 5) is 16.3. The Morgan fingerprint density at radius 3 is 2.53 bits per heavy atom. The highest BCUT2D eigenvalue weighted by Gasteiger charge is 2.21. The number of rotatable bonds is 7. The molecular weight excluding hydrogens is 457 g/mol. The molecule has 0 saturated carbocycles. The number of halogens is 2. The monoisotopic (exact) mass is 475 g/mol. The molecule has 0 unspecified atom stereocenters. The number of esters is 1. The van der Waals surface area contributed by atoms with Gasteiger partial charge in [0.2, 0.25) is 0 Å². The second-order valence-electron chi connectivity index (χ2n) is 6.28. The first-order valence-corrected chi connectivity index (χ1v) is 9.69. The summed E-state index contributed by atoms with van der Waals surface area (Å²) in [5, 5.41) is 9.72. The highest BCUT2D eigenvalue weighted by atomic mass is 79.9. The SMILES string of the molecule is COC(=O)c1cc(OCc2ccc(OC)cc2)c(-c2ncc(Br)cc2CO)cc1F. The molecule has 3 aromatic rings. The lowest BCUT2D eigenvalue weighted by atomic mass is 10.0. The number of methoxy groups -OCH3 is 2. The predicted octanol–water partition coefficient (Wildman–Crippen LogP) is 4.52. The minimum Gasteiger partial charge on any atom is -0.497 e. The Labute approximate surface area is 181 Å². The Balaban J connectivity index is 2.04. The maximum Gasteiger partial charge on any atom is 0.340 e. The molecule has 0 radical (unpaired) electrons. The molecule has 1 N–H and O–H groups in total. The molecule has 0 aliphatic heterocycles. The van der Waals surface area contributed by atoms with E-state index in [0.29, 0.717) is 27.0 Å². The van der Waals surface area contributed by atoms with Crippen molar-refractivity contribution in [1.82, 2.24) is 4.98 Å². The van der Waals surface area contributed by atoms with Gasteiger partial charge in [0.25, 0.3) is 0 Å². The molecule has 0 fully saturated rings. The van der Waals surface area contributed by atoms with Gasteiger partial charge in [-0.15, -0.1) is 0 Å². The number of ether oxygens (including phenoxy) is 3. The summed E-state index contributed by atoms with van der Waals surface area (Å²) in [6.45, 7) is -0.145. The standard InChI is InChI=1S/C22H19BrFNO5/c1-28-16-5-3-13(4-6-16)12-30-20-9-17(22(27)29-2)19(24)8-18(20)21-14(11-26)7-15(23)10-25-21/h3-10,26H,11-12H2,1-2H3. The van der Waals surface area contributed by atoms with Gasteiger partial charge >= 0.3 is 5.97 Å². The van der Waals surface area contributed by atoms with E-state index < -0.39 is 11.8 Å². The molecule has 0 aliphatic rings. The Kier molecular flexibility index (Phi) is 7.02. The van der Waals surface area contributed by atoms with Crippen molar-refractivity contribution in [2.45, 2.75) is 13.2 Å². The van der Waals surface area contributed by atoms with Crippen LogP contribution >= 0.6 is 15.9 Å². The molecule has 0 saturated heterocycles. The van der Waals surface area contributed by atoms with Gasteiger partial charge in [0.15, 0.2) is 0 Å². The number of aliphatic hydroxyl groups is 1. The van der Waals surface area contributed by atoms with E-state index in [1.54, 1.807) is 25.3 Å². The largest absolute Gasteiger partial charge is 0.497 e. The molecule has 0 amide bonds. The normalized spacial score (nSPS) is 10.6. The quantitative estimate of drug-likeness (QED) is 0.506. The fourth-order valence-corrected chi connectivity index (χ4v) is 3.23. The summed E-state index contributed by atoms with van der Waals surface area (Å²) < 4.78 is 31.0. The van der Waals surface area contributed by atoms with Crippen LogP contribution in [-0.2, 0) is 18.0 Å². The summed E-state index contributed by atoms with van der Waals surface area (Å²) in [6, 6.07) is 11.4. The van der Waals surface area contributed by atoms with Crippen molar-refractivity contribution in [2.24, 2.45) is 0 Å². The minimum absolute atomic E-state index is 0.161. The number of hydrogen-bond acceptors (Lipinski definition) is 6. The van der Waals surface area contributed by atoms with E-state index in [2.05, 4.69) is 25.7 Å². The second kappa shape index (κ2) is 9.69. The van der Waals surface area contributed by atoms with Crippen LogP contribution in [0.2, 0.25) is 0 Å². The molecule has 0 aliphatic carbocycles. The van der Waals surface area contributed by atoms with Crippen molar-refractivity contribution in [1.29, 1.82) is 0 Å². The molecular formula is C22H19BrFNO5. The molecule has 1 heterocycles. The fraction of sp³-hybridized carbons (Fsp3) is 0.182. The molecule has 0 atom stereocenters. The molecule has 0 spiro atoms. The molecule has 3 rings (SSSR count). The third kappa shape index (κ3) is 4.77. The van der Waals surface area contributed by atoms with Crippen molar-refractivity contribution in [3.05, 3.63) is 75.6 Å². The van der Waals surface area contributed by atoms with Gasteiger partial charge in [0.05, 0.1) is 32.1 Å². The van der Waals surface area contributed by atoms with Gasteiger partial charge in [-0.1, -0.05) is 12.1 Å². The zero-order chi connectivity index (χ0) is 21.7. The summed E-state index contributed by atoms with van der Waals surface area (Å²) >= 11 is 3.31. The Hall–Kier alpha value is -2.97. The number of carbonyl (C=O) groups excluding carboxylic acids is 1. The van der Waals surface area contributed by atoms with Gasteiger partial charge in [-0.2, -0.15) is 0 Å². The zero-order valence-electron chi connectivity index (χ0n) is 16.3. The maximum absolute atomic E-state index is 14.6. The van der Waals surface area contributed by atoms with Crippen LogP contribution in [0, 0.1) is 5.82 Å². The number of benzene rings is 2. The molecule has 0 bridgehead atoms. The van der Waals surface area contributed by atoms with E-state index in [1.165, 1.54) is 19.4 Å². The van der Waals surface area contributed by atoms with E-state index in [1.807, 2.05) is 12.1 Å². The third-order valence-corrected chi connectivity index (χ3v) is 4.82. The molecule has 156 valence electrons. The Morgan fingerprint density at radius 1 is 1.17 bits per heavy atom. The van der Waals surface area contributed by atoms with E-state index >= 15 is 0 Å². The first-order valence-electron chi connectivity index (χ1n) is 8.90. The summed E-state index contributed by atoms with van der Waals surface area (Å²) in [5.41, 5.74) is 1.72. The van der Waals surface area contributed by atoms with Crippen molar-refractivity contribution >= 4 is 21.9 Å². The lowest BCUT2D eigenvalue weighted by Gasteiger charge is -2.15. The van der Waals surface area contributed by atoms with Crippen LogP contribution in [0.3, 0.4) is 0 Å². The zero-order valence-corrected chi connectivity index (χ0v) is 17.9. The smallest absolute Gasteiger partial charge is 0.340 e. The molecule has 2 aromatic carbocycles. The van der Waals surface area contributed by atoms with Crippen LogP contribution in [-0.4, -0.2) is 30.3 Å². The second-order valence-corrected chi connectivity index (χ2v) is 7.19. The van der Waals surface area contributed by atoms with E-state index in [0.717, 1.165) is 11.6 Å². The Morgan fingerprint density at radius 2 is 1.90 bits per heavy atom. The van der Waals surface area contributed by atoms with Gasteiger partial charge in [-0.25, -0.2) is 9.18 Å². The van der Waals surface area contributed by atoms with E-state index in [4.69, 9.17) is 9.47 Å². The van der Waals surface area contributed by atoms with Crippen molar-refractivity contribution in [2.75, 3.05) is 14.2 Å². The van der Waals surface area contributed by atoms with Crippen LogP contribution in [0.25, 0.3) is 11.3 Å². The van der Waals surface area contributed by atoms with Crippen molar-refractivity contribution in [3.8, 4) is 22.8 Å². The van der Waals surface area contributed by atoms with Crippen molar-refractivity contribution < 1.29 is 28.5 Å². The van der Waals surface area contributed by atoms with Crippen LogP contribution in [0.15, 0.2) is 53.1 Å². The number of pyridine rings is 1. The molecule has 6 nitrogen and oxygen atoms in total. The van der Waals surface area contributed by atoms with E-state index in [-0.39, 0.29) is 24.5 Å². The molecule has 1 aromatic heterocycles. The highest BCUT2D eigenvalue weighted by molar-refractivity contribution is 9.10. The van der Waals surface area contributed by atoms with Gasteiger partial charge in [-0.3, -0.25) is 4.98 Å². The molecule has 30 heavy (non-hydrogen) atoms. The first-order chi connectivity index (χ1) is 14.5. The van der Waals surface area contributed by atoms with Crippen LogP contribution in [0.1, 0.15) is 21.5 Å². The van der Waals surface area contributed by atoms with Gasteiger partial charge in [-0.05, 0) is 51.8 Å². The number of aliphatic hydroxyl groups excluding tert-OH is 1. The number of aromatic nitrogens is 1. The van der Waals surface area contributed by atoms with Crippen LogP contribution < -0.4 is 9.47 Å². The minimum atomic E-state index is -0.820. The average molecular weight is 476 g/mol. The third-order valence-electron chi connectivity index (χ3n) is 4.39. The van der Waals surface area contributed by atoms with Crippen LogP contribution in [0.5, 0.6) is 11.5 Å². The lowest BCUT2D eigenvalue weighted by Crippen LogP contribution is -2.07. The van der Waals surface area contributed by atoms with Crippen molar-refractivity contribution in [3.63, 3.8) is 0 Å². The number of nitrogens with zero attached hydrogens (tertiary/aromatic N) is 1. The topological polar surface area (TPSA) is 77.9 Å². The average Bonchev–Trinajstić information content (AvgIpc) is 2.77. The fourth-order valence-electron chi connectivity index (χ4n) is 2.85. The first kappa shape index (κ1) is 21.7. The molecule has 8 heteroatoms. The summed E-state index contributed by atoms with van der Waals surface area (Å²) in [7, 11) is 2.75. The van der Waals surface area contributed by atoms with Gasteiger partial charge in [0.1, 0.15) is 23.9 Å². The van der Waals surface area contributed by atoms with Gasteiger partial charge < -0.3 is 19.3 Å². The van der Waals surface area contributed by atoms with Crippen LogP contribution in [0.4, 0.5) is 4.39 Å². The highest BCUT2D eigenvalue weighted by Crippen LogP contribution is 2.35.